The number of aromatic nitrogens is 1. The topological polar surface area (TPSA) is 59.1 Å². The van der Waals surface area contributed by atoms with Crippen LogP contribution in [-0.4, -0.2) is 26.7 Å². The summed E-state index contributed by atoms with van der Waals surface area (Å²) in [7, 11) is 0. The molecule has 0 amide bonds. The highest BCUT2D eigenvalue weighted by molar-refractivity contribution is 8.00. The molecule has 0 saturated carbocycles. The first kappa shape index (κ1) is 10.8. The molecule has 0 spiro atoms. The van der Waals surface area contributed by atoms with Crippen molar-refractivity contribution < 1.29 is 5.11 Å². The number of rotatable bonds is 2. The molecule has 1 aromatic heterocycles. The Balaban J connectivity index is 2.12. The van der Waals surface area contributed by atoms with Gasteiger partial charge in [0.25, 0.3) is 0 Å². The van der Waals surface area contributed by atoms with Crippen molar-refractivity contribution >= 4 is 17.6 Å². The van der Waals surface area contributed by atoms with E-state index in [1.54, 1.807) is 6.20 Å². The van der Waals surface area contributed by atoms with Crippen LogP contribution in [0, 0.1) is 0 Å². The molecule has 15 heavy (non-hydrogen) atoms. The second kappa shape index (κ2) is 4.02. The lowest BCUT2D eigenvalue weighted by Gasteiger charge is -2.22. The normalized spacial score (nSPS) is 30.7. The van der Waals surface area contributed by atoms with E-state index in [9.17, 15) is 5.11 Å². The van der Waals surface area contributed by atoms with Crippen molar-refractivity contribution in [3.8, 4) is 0 Å². The molecular formula is C11H16N2OS. The molecule has 0 aromatic carbocycles. The lowest BCUT2D eigenvalue weighted by atomic mass is 9.92. The van der Waals surface area contributed by atoms with Gasteiger partial charge in [0.2, 0.25) is 0 Å². The third kappa shape index (κ3) is 2.44. The summed E-state index contributed by atoms with van der Waals surface area (Å²) >= 11 is 1.82. The maximum atomic E-state index is 10.3. The smallest absolute Gasteiger partial charge is 0.126 e. The first-order valence-electron chi connectivity index (χ1n) is 5.12. The van der Waals surface area contributed by atoms with Crippen molar-refractivity contribution in [3.05, 3.63) is 23.9 Å². The second-order valence-electron chi connectivity index (χ2n) is 4.27. The highest BCUT2D eigenvalue weighted by atomic mass is 32.2. The van der Waals surface area contributed by atoms with Crippen LogP contribution in [-0.2, 0) is 6.42 Å². The van der Waals surface area contributed by atoms with E-state index in [0.29, 0.717) is 17.5 Å². The van der Waals surface area contributed by atoms with E-state index in [1.165, 1.54) is 0 Å². The van der Waals surface area contributed by atoms with Gasteiger partial charge in [-0.2, -0.15) is 11.8 Å². The van der Waals surface area contributed by atoms with Crippen LogP contribution in [0.25, 0.3) is 0 Å². The number of hydrogen-bond donors (Lipinski definition) is 2. The van der Waals surface area contributed by atoms with Gasteiger partial charge in [-0.1, -0.05) is 13.0 Å². The molecule has 1 fully saturated rings. The summed E-state index contributed by atoms with van der Waals surface area (Å²) in [4.78, 5) is 4.03. The molecule has 1 aromatic rings. The molecule has 1 aliphatic heterocycles. The largest absolute Gasteiger partial charge is 0.389 e. The minimum atomic E-state index is -0.596. The highest BCUT2D eigenvalue weighted by Gasteiger charge is 2.36. The van der Waals surface area contributed by atoms with Gasteiger partial charge in [-0.25, -0.2) is 4.98 Å². The van der Waals surface area contributed by atoms with Crippen LogP contribution >= 0.6 is 11.8 Å². The summed E-state index contributed by atoms with van der Waals surface area (Å²) in [6.07, 6.45) is 3.13. The Morgan fingerprint density at radius 3 is 3.13 bits per heavy atom. The van der Waals surface area contributed by atoms with Gasteiger partial charge in [-0.3, -0.25) is 0 Å². The minimum Gasteiger partial charge on any atom is -0.389 e. The third-order valence-corrected chi connectivity index (χ3v) is 4.19. The standard InChI is InChI=1S/C11H16N2OS/c1-8-5-11(14,7-15-8)6-9-3-2-4-13-10(9)12/h2-4,8,14H,5-7H2,1H3,(H2,12,13). The number of thioether (sulfide) groups is 1. The number of pyridine rings is 1. The van der Waals surface area contributed by atoms with E-state index in [4.69, 9.17) is 5.73 Å². The van der Waals surface area contributed by atoms with Crippen molar-refractivity contribution in [1.82, 2.24) is 4.98 Å². The summed E-state index contributed by atoms with van der Waals surface area (Å²) < 4.78 is 0. The minimum absolute atomic E-state index is 0.535. The summed E-state index contributed by atoms with van der Waals surface area (Å²) in [6, 6.07) is 3.80. The molecular weight excluding hydrogens is 208 g/mol. The predicted molar refractivity (Wildman–Crippen MR) is 63.8 cm³/mol. The zero-order chi connectivity index (χ0) is 10.9. The van der Waals surface area contributed by atoms with Gasteiger partial charge >= 0.3 is 0 Å². The highest BCUT2D eigenvalue weighted by Crippen LogP contribution is 2.36. The van der Waals surface area contributed by atoms with Gasteiger partial charge in [0, 0.05) is 23.6 Å². The second-order valence-corrected chi connectivity index (χ2v) is 5.70. The average molecular weight is 224 g/mol. The monoisotopic (exact) mass is 224 g/mol. The fourth-order valence-electron chi connectivity index (χ4n) is 2.03. The van der Waals surface area contributed by atoms with Crippen molar-refractivity contribution in [2.45, 2.75) is 30.6 Å². The molecule has 2 unspecified atom stereocenters. The van der Waals surface area contributed by atoms with Gasteiger partial charge in [-0.15, -0.1) is 0 Å². The fraction of sp³-hybridized carbons (Fsp3) is 0.545. The Morgan fingerprint density at radius 2 is 2.53 bits per heavy atom. The van der Waals surface area contributed by atoms with Crippen molar-refractivity contribution in [1.29, 1.82) is 0 Å². The van der Waals surface area contributed by atoms with Crippen LogP contribution in [0.5, 0.6) is 0 Å². The van der Waals surface area contributed by atoms with Gasteiger partial charge in [-0.05, 0) is 18.1 Å². The maximum Gasteiger partial charge on any atom is 0.126 e. The molecule has 2 atom stereocenters. The summed E-state index contributed by atoms with van der Waals surface area (Å²) in [5.74, 6) is 1.33. The van der Waals surface area contributed by atoms with Gasteiger partial charge < -0.3 is 10.8 Å². The average Bonchev–Trinajstić information content (AvgIpc) is 2.51. The third-order valence-electron chi connectivity index (χ3n) is 2.75. The number of nitrogens with zero attached hydrogens (tertiary/aromatic N) is 1. The first-order valence-corrected chi connectivity index (χ1v) is 6.17. The molecule has 1 saturated heterocycles. The Labute approximate surface area is 94.1 Å². The van der Waals surface area contributed by atoms with Crippen molar-refractivity contribution in [3.63, 3.8) is 0 Å². The Kier molecular flexibility index (Phi) is 2.89. The zero-order valence-electron chi connectivity index (χ0n) is 8.81. The first-order chi connectivity index (χ1) is 7.09. The molecule has 2 rings (SSSR count). The quantitative estimate of drug-likeness (QED) is 0.798. The zero-order valence-corrected chi connectivity index (χ0v) is 9.63. The van der Waals surface area contributed by atoms with Crippen molar-refractivity contribution in [2.75, 3.05) is 11.5 Å². The van der Waals surface area contributed by atoms with E-state index in [0.717, 1.165) is 17.7 Å². The Bertz CT molecular complexity index is 358. The maximum absolute atomic E-state index is 10.3. The van der Waals surface area contributed by atoms with E-state index < -0.39 is 5.60 Å². The summed E-state index contributed by atoms with van der Waals surface area (Å²) in [5.41, 5.74) is 6.12. The molecule has 3 N–H and O–H groups in total. The number of anilines is 1. The lowest BCUT2D eigenvalue weighted by molar-refractivity contribution is 0.0643. The summed E-state index contributed by atoms with van der Waals surface area (Å²) in [5, 5.41) is 10.9. The molecule has 0 bridgehead atoms. The van der Waals surface area contributed by atoms with E-state index in [-0.39, 0.29) is 0 Å². The molecule has 0 radical (unpaired) electrons. The van der Waals surface area contributed by atoms with Crippen molar-refractivity contribution in [2.24, 2.45) is 0 Å². The molecule has 0 aliphatic carbocycles. The van der Waals surface area contributed by atoms with E-state index in [1.807, 2.05) is 23.9 Å². The predicted octanol–water partition coefficient (Wildman–Crippen LogP) is 1.46. The molecule has 2 heterocycles. The summed E-state index contributed by atoms with van der Waals surface area (Å²) in [6.45, 7) is 2.15. The van der Waals surface area contributed by atoms with Crippen LogP contribution in [0.4, 0.5) is 5.82 Å². The molecule has 1 aliphatic rings. The number of nitrogen functional groups attached to an aromatic ring is 1. The van der Waals surface area contributed by atoms with Gasteiger partial charge in [0.15, 0.2) is 0 Å². The van der Waals surface area contributed by atoms with E-state index in [2.05, 4.69) is 11.9 Å². The molecule has 3 nitrogen and oxygen atoms in total. The van der Waals surface area contributed by atoms with Crippen LogP contribution in [0.3, 0.4) is 0 Å². The van der Waals surface area contributed by atoms with Crippen LogP contribution in [0.1, 0.15) is 18.9 Å². The van der Waals surface area contributed by atoms with Crippen LogP contribution < -0.4 is 5.73 Å². The van der Waals surface area contributed by atoms with E-state index >= 15 is 0 Å². The van der Waals surface area contributed by atoms with Gasteiger partial charge in [0.05, 0.1) is 5.60 Å². The Morgan fingerprint density at radius 1 is 1.73 bits per heavy atom. The molecule has 4 heteroatoms. The number of aliphatic hydroxyl groups is 1. The number of nitrogens with two attached hydrogens (primary N) is 1. The van der Waals surface area contributed by atoms with Crippen LogP contribution in [0.2, 0.25) is 0 Å². The Hall–Kier alpha value is -0.740. The van der Waals surface area contributed by atoms with Gasteiger partial charge in [0.1, 0.15) is 5.82 Å². The SMILES string of the molecule is CC1CC(O)(Cc2cccnc2N)CS1. The lowest BCUT2D eigenvalue weighted by Crippen LogP contribution is -2.31. The van der Waals surface area contributed by atoms with Crippen LogP contribution in [0.15, 0.2) is 18.3 Å². The number of hydrogen-bond acceptors (Lipinski definition) is 4. The molecule has 82 valence electrons. The fourth-order valence-corrected chi connectivity index (χ4v) is 3.27.